The molecular weight excluding hydrogens is 178 g/mol. The number of nitrogens with zero attached hydrogens (tertiary/aromatic N) is 2. The molecule has 1 unspecified atom stereocenters. The van der Waals surface area contributed by atoms with Crippen LogP contribution in [-0.2, 0) is 4.79 Å². The van der Waals surface area contributed by atoms with Crippen molar-refractivity contribution in [2.24, 2.45) is 0 Å². The maximum absolute atomic E-state index is 11.6. The van der Waals surface area contributed by atoms with Crippen LogP contribution in [0.2, 0.25) is 0 Å². The molecule has 1 atom stereocenters. The fourth-order valence-corrected chi connectivity index (χ4v) is 1.79. The Balaban J connectivity index is 2.43. The number of hydrogen-bond donors (Lipinski definition) is 1. The molecule has 0 bridgehead atoms. The molecule has 1 N–H and O–H groups in total. The fraction of sp³-hybridized carbons (Fsp3) is 0.400. The molecule has 1 aromatic heterocycles. The summed E-state index contributed by atoms with van der Waals surface area (Å²) in [6.07, 6.45) is 4.26. The minimum atomic E-state index is -0.0771. The van der Waals surface area contributed by atoms with E-state index in [9.17, 15) is 4.79 Å². The Morgan fingerprint density at radius 1 is 1.64 bits per heavy atom. The van der Waals surface area contributed by atoms with E-state index in [0.717, 1.165) is 17.8 Å². The second kappa shape index (κ2) is 3.29. The predicted octanol–water partition coefficient (Wildman–Crippen LogP) is 1.25. The lowest BCUT2D eigenvalue weighted by Gasteiger charge is -2.34. The van der Waals surface area contributed by atoms with Gasteiger partial charge in [-0.05, 0) is 12.5 Å². The smallest absolute Gasteiger partial charge is 0.247 e. The number of carbonyl (C=O) groups excluding carboxylic acids is 1. The minimum Gasteiger partial charge on any atom is -0.360 e. The van der Waals surface area contributed by atoms with Crippen LogP contribution in [0.1, 0.15) is 13.3 Å². The maximum Gasteiger partial charge on any atom is 0.247 e. The third-order valence-corrected chi connectivity index (χ3v) is 2.59. The molecule has 1 aliphatic rings. The third kappa shape index (κ3) is 1.23. The Labute approximate surface area is 82.9 Å². The van der Waals surface area contributed by atoms with E-state index in [-0.39, 0.29) is 11.9 Å². The van der Waals surface area contributed by atoms with E-state index in [4.69, 9.17) is 0 Å². The first-order chi connectivity index (χ1) is 6.74. The quantitative estimate of drug-likeness (QED) is 0.726. The van der Waals surface area contributed by atoms with Crippen molar-refractivity contribution in [3.05, 3.63) is 18.5 Å². The van der Waals surface area contributed by atoms with Gasteiger partial charge < -0.3 is 10.2 Å². The molecule has 0 saturated heterocycles. The standard InChI is InChI=1S/C10H13N3O/c1-3-8-10(14)12-7-4-5-11-6-9(7)13(8)2/h4-6,8H,3H2,1-2H3,(H,12,14). The number of hydrogen-bond acceptors (Lipinski definition) is 3. The van der Waals surface area contributed by atoms with Crippen LogP contribution in [0.5, 0.6) is 0 Å². The number of nitrogens with one attached hydrogen (secondary N) is 1. The van der Waals surface area contributed by atoms with Crippen LogP contribution >= 0.6 is 0 Å². The summed E-state index contributed by atoms with van der Waals surface area (Å²) >= 11 is 0. The van der Waals surface area contributed by atoms with Crippen molar-refractivity contribution in [2.45, 2.75) is 19.4 Å². The summed E-state index contributed by atoms with van der Waals surface area (Å²) in [5.41, 5.74) is 1.83. The molecule has 2 rings (SSSR count). The van der Waals surface area contributed by atoms with Gasteiger partial charge in [-0.25, -0.2) is 0 Å². The molecule has 2 heterocycles. The molecule has 4 heteroatoms. The van der Waals surface area contributed by atoms with Crippen LogP contribution in [0, 0.1) is 0 Å². The average Bonchev–Trinajstić information content (AvgIpc) is 2.18. The van der Waals surface area contributed by atoms with Crippen molar-refractivity contribution in [1.29, 1.82) is 0 Å². The summed E-state index contributed by atoms with van der Waals surface area (Å²) in [5.74, 6) is 0.0636. The van der Waals surface area contributed by atoms with Crippen LogP contribution in [0.3, 0.4) is 0 Å². The lowest BCUT2D eigenvalue weighted by Crippen LogP contribution is -2.45. The topological polar surface area (TPSA) is 45.2 Å². The van der Waals surface area contributed by atoms with E-state index >= 15 is 0 Å². The van der Waals surface area contributed by atoms with Gasteiger partial charge in [0, 0.05) is 13.2 Å². The Bertz CT molecular complexity index is 364. The lowest BCUT2D eigenvalue weighted by molar-refractivity contribution is -0.117. The number of anilines is 2. The van der Waals surface area contributed by atoms with Gasteiger partial charge in [-0.15, -0.1) is 0 Å². The summed E-state index contributed by atoms with van der Waals surface area (Å²) in [5, 5.41) is 2.87. The Hall–Kier alpha value is -1.58. The van der Waals surface area contributed by atoms with Gasteiger partial charge in [-0.2, -0.15) is 0 Å². The number of fused-ring (bicyclic) bond motifs is 1. The summed E-state index contributed by atoms with van der Waals surface area (Å²) in [6, 6.07) is 1.74. The third-order valence-electron chi connectivity index (χ3n) is 2.59. The Morgan fingerprint density at radius 2 is 2.43 bits per heavy atom. The zero-order chi connectivity index (χ0) is 10.1. The molecular formula is C10H13N3O. The van der Waals surface area contributed by atoms with Gasteiger partial charge >= 0.3 is 0 Å². The molecule has 4 nitrogen and oxygen atoms in total. The van der Waals surface area contributed by atoms with Crippen molar-refractivity contribution < 1.29 is 4.79 Å². The van der Waals surface area contributed by atoms with Crippen LogP contribution in [0.4, 0.5) is 11.4 Å². The highest BCUT2D eigenvalue weighted by molar-refractivity contribution is 6.03. The summed E-state index contributed by atoms with van der Waals surface area (Å²) in [4.78, 5) is 17.6. The number of aromatic nitrogens is 1. The van der Waals surface area contributed by atoms with Crippen LogP contribution in [0.15, 0.2) is 18.5 Å². The molecule has 1 amide bonds. The first-order valence-corrected chi connectivity index (χ1v) is 4.71. The number of likely N-dealkylation sites (N-methyl/N-ethyl adjacent to an activating group) is 1. The summed E-state index contributed by atoms with van der Waals surface area (Å²) in [7, 11) is 1.92. The molecule has 0 spiro atoms. The largest absolute Gasteiger partial charge is 0.360 e. The maximum atomic E-state index is 11.6. The van der Waals surface area contributed by atoms with E-state index in [0.29, 0.717) is 0 Å². The first kappa shape index (κ1) is 8.99. The van der Waals surface area contributed by atoms with Gasteiger partial charge in [0.2, 0.25) is 5.91 Å². The van der Waals surface area contributed by atoms with Crippen molar-refractivity contribution >= 4 is 17.3 Å². The molecule has 0 fully saturated rings. The molecule has 0 aliphatic carbocycles. The first-order valence-electron chi connectivity index (χ1n) is 4.71. The van der Waals surface area contributed by atoms with Gasteiger partial charge in [-0.3, -0.25) is 9.78 Å². The van der Waals surface area contributed by atoms with E-state index < -0.39 is 0 Å². The zero-order valence-corrected chi connectivity index (χ0v) is 8.32. The van der Waals surface area contributed by atoms with Crippen LogP contribution < -0.4 is 10.2 Å². The molecule has 14 heavy (non-hydrogen) atoms. The molecule has 1 aliphatic heterocycles. The van der Waals surface area contributed by atoms with Crippen molar-refractivity contribution in [2.75, 3.05) is 17.3 Å². The van der Waals surface area contributed by atoms with Gasteiger partial charge in [-0.1, -0.05) is 6.92 Å². The Kier molecular flexibility index (Phi) is 2.11. The number of amides is 1. The highest BCUT2D eigenvalue weighted by Crippen LogP contribution is 2.30. The number of carbonyl (C=O) groups is 1. The van der Waals surface area contributed by atoms with Gasteiger partial charge in [0.25, 0.3) is 0 Å². The molecule has 74 valence electrons. The minimum absolute atomic E-state index is 0.0636. The number of pyridine rings is 1. The normalized spacial score (nSPS) is 20.3. The Morgan fingerprint density at radius 3 is 3.14 bits per heavy atom. The van der Waals surface area contributed by atoms with Crippen LogP contribution in [-0.4, -0.2) is 24.0 Å². The van der Waals surface area contributed by atoms with Crippen molar-refractivity contribution in [3.8, 4) is 0 Å². The summed E-state index contributed by atoms with van der Waals surface area (Å²) in [6.45, 7) is 2.00. The average molecular weight is 191 g/mol. The molecule has 0 saturated carbocycles. The van der Waals surface area contributed by atoms with E-state index in [1.54, 1.807) is 12.4 Å². The molecule has 1 aromatic rings. The van der Waals surface area contributed by atoms with E-state index in [2.05, 4.69) is 10.3 Å². The molecule has 0 aromatic carbocycles. The SMILES string of the molecule is CCC1C(=O)Nc2ccncc2N1C. The fourth-order valence-electron chi connectivity index (χ4n) is 1.79. The van der Waals surface area contributed by atoms with E-state index in [1.807, 2.05) is 24.9 Å². The number of rotatable bonds is 1. The van der Waals surface area contributed by atoms with Crippen LogP contribution in [0.25, 0.3) is 0 Å². The summed E-state index contributed by atoms with van der Waals surface area (Å²) < 4.78 is 0. The predicted molar refractivity (Wildman–Crippen MR) is 55.3 cm³/mol. The lowest BCUT2D eigenvalue weighted by atomic mass is 10.1. The van der Waals surface area contributed by atoms with Gasteiger partial charge in [0.1, 0.15) is 6.04 Å². The second-order valence-corrected chi connectivity index (χ2v) is 3.42. The van der Waals surface area contributed by atoms with Gasteiger partial charge in [0.05, 0.1) is 17.6 Å². The van der Waals surface area contributed by atoms with E-state index in [1.165, 1.54) is 0 Å². The molecule has 0 radical (unpaired) electrons. The highest BCUT2D eigenvalue weighted by Gasteiger charge is 2.28. The second-order valence-electron chi connectivity index (χ2n) is 3.42. The monoisotopic (exact) mass is 191 g/mol. The highest BCUT2D eigenvalue weighted by atomic mass is 16.2. The van der Waals surface area contributed by atoms with Gasteiger partial charge in [0.15, 0.2) is 0 Å². The van der Waals surface area contributed by atoms with Crippen molar-refractivity contribution in [1.82, 2.24) is 4.98 Å². The zero-order valence-electron chi connectivity index (χ0n) is 8.32. The van der Waals surface area contributed by atoms with Crippen molar-refractivity contribution in [3.63, 3.8) is 0 Å².